The van der Waals surface area contributed by atoms with Gasteiger partial charge in [0.2, 0.25) is 5.79 Å². The third kappa shape index (κ3) is 1.67. The highest BCUT2D eigenvalue weighted by molar-refractivity contribution is 4.93. The lowest BCUT2D eigenvalue weighted by Crippen LogP contribution is -2.67. The monoisotopic (exact) mass is 196 g/mol. The molecule has 0 spiro atoms. The SMILES string of the molecule is OC[C@H]1O[C@@H](O)[C@H](O)C(O)(O)[C@@H]1O. The van der Waals surface area contributed by atoms with Gasteiger partial charge in [0.15, 0.2) is 12.4 Å². The third-order valence-corrected chi connectivity index (χ3v) is 1.99. The van der Waals surface area contributed by atoms with Crippen LogP contribution in [0.25, 0.3) is 0 Å². The largest absolute Gasteiger partial charge is 0.394 e. The smallest absolute Gasteiger partial charge is 0.224 e. The Bertz CT molecular complexity index is 182. The molecule has 78 valence electrons. The molecule has 1 aliphatic heterocycles. The van der Waals surface area contributed by atoms with Gasteiger partial charge in [-0.15, -0.1) is 0 Å². The minimum Gasteiger partial charge on any atom is -0.394 e. The Morgan fingerprint density at radius 1 is 1.08 bits per heavy atom. The minimum atomic E-state index is -2.88. The maximum atomic E-state index is 9.13. The Balaban J connectivity index is 2.82. The van der Waals surface area contributed by atoms with E-state index < -0.39 is 37.0 Å². The van der Waals surface area contributed by atoms with Crippen LogP contribution in [0.1, 0.15) is 0 Å². The van der Waals surface area contributed by atoms with Gasteiger partial charge in [0, 0.05) is 0 Å². The van der Waals surface area contributed by atoms with Crippen LogP contribution in [-0.4, -0.2) is 67.6 Å². The first-order valence-corrected chi connectivity index (χ1v) is 3.66. The summed E-state index contributed by atoms with van der Waals surface area (Å²) in [5.41, 5.74) is 0. The van der Waals surface area contributed by atoms with E-state index in [9.17, 15) is 0 Å². The lowest BCUT2D eigenvalue weighted by molar-refractivity contribution is -0.381. The molecule has 7 heteroatoms. The second-order valence-corrected chi connectivity index (χ2v) is 2.92. The molecule has 7 nitrogen and oxygen atoms in total. The molecular formula is C6H12O7. The summed E-state index contributed by atoms with van der Waals surface area (Å²) in [4.78, 5) is 0. The Kier molecular flexibility index (Phi) is 2.88. The van der Waals surface area contributed by atoms with Crippen LogP contribution in [0.4, 0.5) is 0 Å². The maximum Gasteiger partial charge on any atom is 0.224 e. The summed E-state index contributed by atoms with van der Waals surface area (Å²) in [5.74, 6) is -2.88. The van der Waals surface area contributed by atoms with Crippen LogP contribution in [0.2, 0.25) is 0 Å². The molecule has 4 atom stereocenters. The lowest BCUT2D eigenvalue weighted by Gasteiger charge is -2.42. The summed E-state index contributed by atoms with van der Waals surface area (Å²) < 4.78 is 4.48. The van der Waals surface area contributed by atoms with Gasteiger partial charge in [-0.2, -0.15) is 0 Å². The Hall–Kier alpha value is -0.280. The molecule has 0 saturated carbocycles. The van der Waals surface area contributed by atoms with Crippen LogP contribution in [0.5, 0.6) is 0 Å². The maximum absolute atomic E-state index is 9.13. The molecule has 0 unspecified atom stereocenters. The number of rotatable bonds is 1. The quantitative estimate of drug-likeness (QED) is 0.236. The van der Waals surface area contributed by atoms with Crippen molar-refractivity contribution in [3.05, 3.63) is 0 Å². The zero-order valence-electron chi connectivity index (χ0n) is 6.61. The van der Waals surface area contributed by atoms with Gasteiger partial charge in [0.1, 0.15) is 12.2 Å². The lowest BCUT2D eigenvalue weighted by atomic mass is 9.95. The summed E-state index contributed by atoms with van der Waals surface area (Å²) in [6, 6.07) is 0. The van der Waals surface area contributed by atoms with Crippen molar-refractivity contribution in [1.82, 2.24) is 0 Å². The van der Waals surface area contributed by atoms with E-state index in [1.54, 1.807) is 0 Å². The highest BCUT2D eigenvalue weighted by atomic mass is 16.7. The molecule has 1 rings (SSSR count). The fourth-order valence-corrected chi connectivity index (χ4v) is 1.13. The summed E-state index contributed by atoms with van der Waals surface area (Å²) in [6.45, 7) is -0.701. The van der Waals surface area contributed by atoms with Gasteiger partial charge in [0.25, 0.3) is 0 Å². The molecular weight excluding hydrogens is 184 g/mol. The highest BCUT2D eigenvalue weighted by Crippen LogP contribution is 2.26. The number of aliphatic hydroxyl groups is 6. The van der Waals surface area contributed by atoms with Crippen molar-refractivity contribution < 1.29 is 35.4 Å². The highest BCUT2D eigenvalue weighted by Gasteiger charge is 2.53. The number of hydrogen-bond donors (Lipinski definition) is 6. The van der Waals surface area contributed by atoms with E-state index in [0.29, 0.717) is 0 Å². The first-order chi connectivity index (χ1) is 5.91. The molecule has 1 fully saturated rings. The van der Waals surface area contributed by atoms with E-state index in [4.69, 9.17) is 30.6 Å². The van der Waals surface area contributed by atoms with Crippen LogP contribution in [0.15, 0.2) is 0 Å². The standard InChI is InChI=1S/C6H12O7/c7-1-2-3(8)6(11,12)4(9)5(10)13-2/h2-5,7-12H,1H2/t2-,3-,4+,5-/m1/s1. The third-order valence-electron chi connectivity index (χ3n) is 1.99. The zero-order chi connectivity index (χ0) is 10.2. The van der Waals surface area contributed by atoms with Crippen LogP contribution in [0, 0.1) is 0 Å². The molecule has 1 aliphatic rings. The molecule has 1 saturated heterocycles. The fourth-order valence-electron chi connectivity index (χ4n) is 1.13. The zero-order valence-corrected chi connectivity index (χ0v) is 6.61. The molecule has 0 aromatic rings. The molecule has 0 radical (unpaired) electrons. The van der Waals surface area contributed by atoms with Gasteiger partial charge >= 0.3 is 0 Å². The van der Waals surface area contributed by atoms with Gasteiger partial charge in [-0.3, -0.25) is 0 Å². The summed E-state index contributed by atoms with van der Waals surface area (Å²) in [6.07, 6.45) is -7.11. The van der Waals surface area contributed by atoms with Gasteiger partial charge in [-0.25, -0.2) is 0 Å². The second kappa shape index (κ2) is 3.46. The van der Waals surface area contributed by atoms with Crippen LogP contribution < -0.4 is 0 Å². The first kappa shape index (κ1) is 10.8. The van der Waals surface area contributed by atoms with Crippen molar-refractivity contribution in [1.29, 1.82) is 0 Å². The predicted octanol–water partition coefficient (Wildman–Crippen LogP) is -3.90. The summed E-state index contributed by atoms with van der Waals surface area (Å²) >= 11 is 0. The molecule has 6 N–H and O–H groups in total. The molecule has 1 heterocycles. The second-order valence-electron chi connectivity index (χ2n) is 2.92. The first-order valence-electron chi connectivity index (χ1n) is 3.66. The molecule has 0 amide bonds. The number of aliphatic hydroxyl groups excluding tert-OH is 4. The van der Waals surface area contributed by atoms with Crippen molar-refractivity contribution in [2.75, 3.05) is 6.61 Å². The average molecular weight is 196 g/mol. The minimum absolute atomic E-state index is 0.701. The van der Waals surface area contributed by atoms with Gasteiger partial charge < -0.3 is 35.4 Å². The predicted molar refractivity (Wildman–Crippen MR) is 37.1 cm³/mol. The molecule has 0 aromatic heterocycles. The average Bonchev–Trinajstić information content (AvgIpc) is 2.09. The molecule has 0 aromatic carbocycles. The van der Waals surface area contributed by atoms with E-state index in [1.807, 2.05) is 0 Å². The van der Waals surface area contributed by atoms with Crippen molar-refractivity contribution in [2.45, 2.75) is 30.4 Å². The Labute approximate surface area is 73.4 Å². The van der Waals surface area contributed by atoms with E-state index in [0.717, 1.165) is 0 Å². The molecule has 13 heavy (non-hydrogen) atoms. The van der Waals surface area contributed by atoms with E-state index in [-0.39, 0.29) is 0 Å². The van der Waals surface area contributed by atoms with Crippen LogP contribution >= 0.6 is 0 Å². The summed E-state index contributed by atoms with van der Waals surface area (Å²) in [5, 5.41) is 53.8. The van der Waals surface area contributed by atoms with Gasteiger partial charge in [0.05, 0.1) is 6.61 Å². The topological polar surface area (TPSA) is 131 Å². The van der Waals surface area contributed by atoms with E-state index in [1.165, 1.54) is 0 Å². The molecule has 0 aliphatic carbocycles. The van der Waals surface area contributed by atoms with Gasteiger partial charge in [-0.1, -0.05) is 0 Å². The van der Waals surface area contributed by atoms with E-state index >= 15 is 0 Å². The number of hydrogen-bond acceptors (Lipinski definition) is 7. The fraction of sp³-hybridized carbons (Fsp3) is 1.00. The Morgan fingerprint density at radius 3 is 2.08 bits per heavy atom. The Morgan fingerprint density at radius 2 is 1.62 bits per heavy atom. The van der Waals surface area contributed by atoms with Crippen molar-refractivity contribution in [3.63, 3.8) is 0 Å². The van der Waals surface area contributed by atoms with Crippen molar-refractivity contribution >= 4 is 0 Å². The summed E-state index contributed by atoms with van der Waals surface area (Å²) in [7, 11) is 0. The van der Waals surface area contributed by atoms with Gasteiger partial charge in [-0.05, 0) is 0 Å². The van der Waals surface area contributed by atoms with Crippen LogP contribution in [0.3, 0.4) is 0 Å². The number of ether oxygens (including phenoxy) is 1. The van der Waals surface area contributed by atoms with E-state index in [2.05, 4.69) is 4.74 Å². The normalized spacial score (nSPS) is 44.8. The van der Waals surface area contributed by atoms with Crippen LogP contribution in [-0.2, 0) is 4.74 Å². The van der Waals surface area contributed by atoms with Crippen molar-refractivity contribution in [3.8, 4) is 0 Å². The van der Waals surface area contributed by atoms with Crippen molar-refractivity contribution in [2.24, 2.45) is 0 Å². The molecule has 0 bridgehead atoms.